The lowest BCUT2D eigenvalue weighted by Gasteiger charge is -2.63. The zero-order chi connectivity index (χ0) is 20.6. The molecule has 0 amide bonds. The molecule has 2 fully saturated rings. The van der Waals surface area contributed by atoms with Crippen molar-refractivity contribution in [3.8, 4) is 23.0 Å². The highest BCUT2D eigenvalue weighted by atomic mass is 16.5. The number of ketones is 1. The van der Waals surface area contributed by atoms with Crippen molar-refractivity contribution in [1.82, 2.24) is 4.90 Å². The van der Waals surface area contributed by atoms with E-state index in [1.54, 1.807) is 13.2 Å². The standard InChI is InChI=1S/C24H23NO5/c1-25-8-7-23-18-11-3-6-15(29-2)21(18)30-22(23)20(28)12-10-24(23,16(25)9-11)19-14(27)5-4-13(26)17(12)19/h3-6,12,16,22,26-27H,7-10H2,1-2H3/t12-,16+,22-,23+,24-/m1/s1. The lowest BCUT2D eigenvalue weighted by atomic mass is 9.43. The molecular formula is C24H23NO5. The van der Waals surface area contributed by atoms with E-state index in [2.05, 4.69) is 18.0 Å². The van der Waals surface area contributed by atoms with Crippen LogP contribution in [0.1, 0.15) is 41.0 Å². The van der Waals surface area contributed by atoms with E-state index in [0.29, 0.717) is 23.5 Å². The number of aromatic hydroxyl groups is 2. The first kappa shape index (κ1) is 17.0. The Bertz CT molecular complexity index is 1170. The van der Waals surface area contributed by atoms with Crippen LogP contribution in [-0.2, 0) is 22.0 Å². The van der Waals surface area contributed by atoms with Crippen LogP contribution >= 0.6 is 0 Å². The van der Waals surface area contributed by atoms with Gasteiger partial charge in [-0.1, -0.05) is 6.07 Å². The molecule has 154 valence electrons. The number of carbonyl (C=O) groups excluding carboxylic acids is 1. The number of rotatable bonds is 1. The van der Waals surface area contributed by atoms with Crippen molar-refractivity contribution in [2.75, 3.05) is 20.7 Å². The molecule has 0 radical (unpaired) electrons. The SMILES string of the molecule is COc1ccc2c3c1O[C@@H]1C(=O)[C@@H]4C[C@]5(c6c(O)ccc(O)c64)[C@H](C2)N(C)CC[C@]315. The van der Waals surface area contributed by atoms with E-state index in [4.69, 9.17) is 9.47 Å². The minimum atomic E-state index is -0.621. The average molecular weight is 405 g/mol. The van der Waals surface area contributed by atoms with Gasteiger partial charge in [-0.25, -0.2) is 0 Å². The number of ether oxygens (including phenoxy) is 2. The quantitative estimate of drug-likeness (QED) is 0.710. The topological polar surface area (TPSA) is 79.2 Å². The Morgan fingerprint density at radius 2 is 1.93 bits per heavy atom. The van der Waals surface area contributed by atoms with Gasteiger partial charge >= 0.3 is 0 Å². The number of benzene rings is 2. The first-order valence-electron chi connectivity index (χ1n) is 10.6. The largest absolute Gasteiger partial charge is 0.508 e. The number of likely N-dealkylation sites (tertiary alicyclic amines) is 1. The summed E-state index contributed by atoms with van der Waals surface area (Å²) in [5.41, 5.74) is 2.65. The molecule has 30 heavy (non-hydrogen) atoms. The zero-order valence-electron chi connectivity index (χ0n) is 16.9. The van der Waals surface area contributed by atoms with Gasteiger partial charge in [0.05, 0.1) is 18.4 Å². The molecule has 2 aromatic carbocycles. The van der Waals surface area contributed by atoms with Gasteiger partial charge < -0.3 is 24.6 Å². The van der Waals surface area contributed by atoms with Crippen LogP contribution in [0.3, 0.4) is 0 Å². The summed E-state index contributed by atoms with van der Waals surface area (Å²) in [4.78, 5) is 16.2. The normalized spacial score (nSPS) is 36.9. The first-order chi connectivity index (χ1) is 14.5. The maximum atomic E-state index is 13.8. The molecule has 6 heteroatoms. The van der Waals surface area contributed by atoms with Crippen molar-refractivity contribution in [2.45, 2.75) is 48.2 Å². The molecule has 1 saturated heterocycles. The van der Waals surface area contributed by atoms with E-state index in [1.165, 1.54) is 11.6 Å². The predicted octanol–water partition coefficient (Wildman–Crippen LogP) is 2.37. The van der Waals surface area contributed by atoms with Gasteiger partial charge in [0, 0.05) is 28.1 Å². The minimum Gasteiger partial charge on any atom is -0.508 e. The maximum Gasteiger partial charge on any atom is 0.181 e. The summed E-state index contributed by atoms with van der Waals surface area (Å²) in [5, 5.41) is 21.9. The van der Waals surface area contributed by atoms with E-state index < -0.39 is 22.9 Å². The fourth-order valence-corrected chi connectivity index (χ4v) is 7.93. The Hall–Kier alpha value is -2.73. The molecule has 3 aliphatic carbocycles. The number of likely N-dealkylation sites (N-methyl/N-ethyl adjacent to an activating group) is 1. The highest BCUT2D eigenvalue weighted by molar-refractivity contribution is 5.99. The third-order valence-corrected chi connectivity index (χ3v) is 8.85. The molecule has 5 atom stereocenters. The number of carbonyl (C=O) groups is 1. The Labute approximate surface area is 174 Å². The Balaban J connectivity index is 1.67. The number of Topliss-reactive ketones (excluding diaryl/α,β-unsaturated/α-hetero) is 1. The third-order valence-electron chi connectivity index (χ3n) is 8.85. The van der Waals surface area contributed by atoms with E-state index in [-0.39, 0.29) is 23.3 Å². The highest BCUT2D eigenvalue weighted by Crippen LogP contribution is 2.75. The summed E-state index contributed by atoms with van der Waals surface area (Å²) in [6.45, 7) is 0.856. The van der Waals surface area contributed by atoms with Crippen molar-refractivity contribution in [3.63, 3.8) is 0 Å². The number of hydrogen-bond acceptors (Lipinski definition) is 6. The molecule has 6 nitrogen and oxygen atoms in total. The second kappa shape index (κ2) is 4.94. The molecule has 5 aliphatic rings. The van der Waals surface area contributed by atoms with Crippen LogP contribution in [-0.4, -0.2) is 53.7 Å². The van der Waals surface area contributed by atoms with Crippen LogP contribution in [0.25, 0.3) is 0 Å². The number of methoxy groups -OCH3 is 1. The summed E-state index contributed by atoms with van der Waals surface area (Å²) in [6, 6.07) is 7.26. The lowest BCUT2D eigenvalue weighted by Crippen LogP contribution is -2.73. The van der Waals surface area contributed by atoms with Gasteiger partial charge in [-0.2, -0.15) is 0 Å². The van der Waals surface area contributed by atoms with Crippen molar-refractivity contribution in [3.05, 3.63) is 46.5 Å². The van der Waals surface area contributed by atoms with E-state index in [9.17, 15) is 15.0 Å². The molecular weight excluding hydrogens is 382 g/mol. The average Bonchev–Trinajstić information content (AvgIpc) is 3.25. The number of nitrogens with zero attached hydrogens (tertiary/aromatic N) is 1. The molecule has 4 bridgehead atoms. The van der Waals surface area contributed by atoms with Crippen LogP contribution in [0.2, 0.25) is 0 Å². The van der Waals surface area contributed by atoms with Crippen molar-refractivity contribution in [2.24, 2.45) is 0 Å². The van der Waals surface area contributed by atoms with Crippen molar-refractivity contribution in [1.29, 1.82) is 0 Å². The Kier molecular flexibility index (Phi) is 2.80. The smallest absolute Gasteiger partial charge is 0.181 e. The van der Waals surface area contributed by atoms with Crippen molar-refractivity contribution < 1.29 is 24.5 Å². The molecule has 0 unspecified atom stereocenters. The summed E-state index contributed by atoms with van der Waals surface area (Å²) < 4.78 is 12.1. The van der Waals surface area contributed by atoms with Gasteiger partial charge in [-0.05, 0) is 56.6 Å². The van der Waals surface area contributed by atoms with Crippen LogP contribution in [0.5, 0.6) is 23.0 Å². The molecule has 2 N–H and O–H groups in total. The fraction of sp³-hybridized carbons (Fsp3) is 0.458. The summed E-state index contributed by atoms with van der Waals surface area (Å²) in [5.74, 6) is 1.20. The van der Waals surface area contributed by atoms with Gasteiger partial charge in [0.25, 0.3) is 0 Å². The van der Waals surface area contributed by atoms with Crippen LogP contribution in [0, 0.1) is 0 Å². The molecule has 2 heterocycles. The number of phenolic OH excluding ortho intramolecular Hbond substituents is 2. The number of phenols is 2. The minimum absolute atomic E-state index is 0.0136. The monoisotopic (exact) mass is 405 g/mol. The van der Waals surface area contributed by atoms with Gasteiger partial charge in [0.2, 0.25) is 0 Å². The second-order valence-electron chi connectivity index (χ2n) is 9.57. The molecule has 2 aromatic rings. The molecule has 1 saturated carbocycles. The molecule has 2 spiro atoms. The van der Waals surface area contributed by atoms with Gasteiger partial charge in [0.1, 0.15) is 11.5 Å². The first-order valence-corrected chi connectivity index (χ1v) is 10.6. The van der Waals surface area contributed by atoms with Crippen LogP contribution < -0.4 is 9.47 Å². The third kappa shape index (κ3) is 1.45. The summed E-state index contributed by atoms with van der Waals surface area (Å²) >= 11 is 0. The molecule has 7 rings (SSSR count). The van der Waals surface area contributed by atoms with Crippen molar-refractivity contribution >= 4 is 5.78 Å². The van der Waals surface area contributed by atoms with Gasteiger partial charge in [-0.3, -0.25) is 4.79 Å². The van der Waals surface area contributed by atoms with E-state index >= 15 is 0 Å². The lowest BCUT2D eigenvalue weighted by molar-refractivity contribution is -0.142. The molecule has 0 aromatic heterocycles. The Morgan fingerprint density at radius 3 is 2.73 bits per heavy atom. The van der Waals surface area contributed by atoms with Gasteiger partial charge in [0.15, 0.2) is 23.4 Å². The fourth-order valence-electron chi connectivity index (χ4n) is 7.93. The van der Waals surface area contributed by atoms with E-state index in [1.807, 2.05) is 6.07 Å². The highest BCUT2D eigenvalue weighted by Gasteiger charge is 2.78. The predicted molar refractivity (Wildman–Crippen MR) is 108 cm³/mol. The number of piperidine rings is 1. The number of fused-ring (bicyclic) bond motifs is 3. The summed E-state index contributed by atoms with van der Waals surface area (Å²) in [7, 11) is 3.76. The Morgan fingerprint density at radius 1 is 1.13 bits per heavy atom. The van der Waals surface area contributed by atoms with Gasteiger partial charge in [-0.15, -0.1) is 0 Å². The van der Waals surface area contributed by atoms with E-state index in [0.717, 1.165) is 30.5 Å². The number of hydrogen-bond donors (Lipinski definition) is 2. The summed E-state index contributed by atoms with van der Waals surface area (Å²) in [6.07, 6.45) is 1.57. The second-order valence-corrected chi connectivity index (χ2v) is 9.57. The van der Waals surface area contributed by atoms with Crippen LogP contribution in [0.15, 0.2) is 24.3 Å². The van der Waals surface area contributed by atoms with Crippen LogP contribution in [0.4, 0.5) is 0 Å². The zero-order valence-corrected chi connectivity index (χ0v) is 16.9. The maximum absolute atomic E-state index is 13.8. The molecule has 2 aliphatic heterocycles.